The van der Waals surface area contributed by atoms with E-state index >= 15 is 0 Å². The Morgan fingerprint density at radius 1 is 0.958 bits per heavy atom. The van der Waals surface area contributed by atoms with Crippen LogP contribution in [0, 0.1) is 0 Å². The van der Waals surface area contributed by atoms with E-state index in [4.69, 9.17) is 4.98 Å². The lowest BCUT2D eigenvalue weighted by molar-refractivity contribution is 1.07. The average Bonchev–Trinajstić information content (AvgIpc) is 2.65. The van der Waals surface area contributed by atoms with Crippen molar-refractivity contribution >= 4 is 22.3 Å². The lowest BCUT2D eigenvalue weighted by atomic mass is 10.1. The highest BCUT2D eigenvalue weighted by molar-refractivity contribution is 5.97. The van der Waals surface area contributed by atoms with Gasteiger partial charge in [0.25, 0.3) is 0 Å². The topological polar surface area (TPSA) is 50.5 Å². The highest BCUT2D eigenvalue weighted by atomic mass is 15.2. The number of hydrogen-bond acceptors (Lipinski definition) is 4. The molecule has 0 aliphatic carbocycles. The van der Waals surface area contributed by atoms with E-state index in [0.29, 0.717) is 6.42 Å². The lowest BCUT2D eigenvalue weighted by Gasteiger charge is -2.04. The molecular formula is C20H20N4. The van der Waals surface area contributed by atoms with Crippen molar-refractivity contribution in [3.05, 3.63) is 72.2 Å². The normalized spacial score (nSPS) is 12.6. The van der Waals surface area contributed by atoms with E-state index in [-0.39, 0.29) is 0 Å². The summed E-state index contributed by atoms with van der Waals surface area (Å²) in [4.78, 5) is 8.99. The van der Waals surface area contributed by atoms with Crippen molar-refractivity contribution in [2.45, 2.75) is 26.7 Å². The van der Waals surface area contributed by atoms with E-state index in [9.17, 15) is 0 Å². The van der Waals surface area contributed by atoms with Crippen molar-refractivity contribution in [2.75, 3.05) is 0 Å². The zero-order valence-corrected chi connectivity index (χ0v) is 14.0. The van der Waals surface area contributed by atoms with E-state index in [1.165, 1.54) is 0 Å². The molecule has 3 aromatic rings. The number of fused-ring (bicyclic) bond motifs is 1. The van der Waals surface area contributed by atoms with Gasteiger partial charge in [-0.05, 0) is 37.6 Å². The van der Waals surface area contributed by atoms with Crippen molar-refractivity contribution < 1.29 is 0 Å². The number of benzene rings is 1. The molecule has 0 amide bonds. The SMILES string of the molecule is CCC(Cc1ccc2ccccc2n1)=NN=C(C)c1ccccn1. The number of aromatic nitrogens is 2. The molecule has 0 radical (unpaired) electrons. The Morgan fingerprint density at radius 2 is 1.79 bits per heavy atom. The molecule has 120 valence electrons. The zero-order chi connectivity index (χ0) is 16.8. The van der Waals surface area contributed by atoms with Gasteiger partial charge in [-0.3, -0.25) is 9.97 Å². The average molecular weight is 316 g/mol. The van der Waals surface area contributed by atoms with Crippen LogP contribution in [0.15, 0.2) is 71.0 Å². The van der Waals surface area contributed by atoms with Crippen LogP contribution in [0.3, 0.4) is 0 Å². The molecule has 4 heteroatoms. The summed E-state index contributed by atoms with van der Waals surface area (Å²) in [5, 5.41) is 9.91. The summed E-state index contributed by atoms with van der Waals surface area (Å²) in [6.45, 7) is 4.01. The summed E-state index contributed by atoms with van der Waals surface area (Å²) >= 11 is 0. The Labute approximate surface area is 142 Å². The van der Waals surface area contributed by atoms with E-state index in [1.807, 2.05) is 43.3 Å². The molecule has 0 spiro atoms. The molecule has 3 rings (SSSR count). The predicted octanol–water partition coefficient (Wildman–Crippen LogP) is 4.45. The van der Waals surface area contributed by atoms with Crippen LogP contribution in [0.5, 0.6) is 0 Å². The minimum Gasteiger partial charge on any atom is -0.255 e. The van der Waals surface area contributed by atoms with Gasteiger partial charge in [-0.1, -0.05) is 37.3 Å². The molecular weight excluding hydrogens is 296 g/mol. The standard InChI is InChI=1S/C20H20N4/c1-3-17(24-23-15(2)19-9-6-7-13-21-19)14-18-12-11-16-8-4-5-10-20(16)22-18/h4-13H,3,14H2,1-2H3. The molecule has 0 saturated heterocycles. The second-order valence-electron chi connectivity index (χ2n) is 5.59. The van der Waals surface area contributed by atoms with Crippen LogP contribution in [0.2, 0.25) is 0 Å². The van der Waals surface area contributed by atoms with Crippen LogP contribution in [0.4, 0.5) is 0 Å². The molecule has 1 aromatic carbocycles. The summed E-state index contributed by atoms with van der Waals surface area (Å²) < 4.78 is 0. The fraction of sp³-hybridized carbons (Fsp3) is 0.200. The van der Waals surface area contributed by atoms with Crippen molar-refractivity contribution in [1.29, 1.82) is 0 Å². The fourth-order valence-electron chi connectivity index (χ4n) is 2.42. The van der Waals surface area contributed by atoms with Gasteiger partial charge in [-0.25, -0.2) is 0 Å². The maximum Gasteiger partial charge on any atom is 0.0860 e. The number of rotatable bonds is 5. The van der Waals surface area contributed by atoms with Crippen molar-refractivity contribution in [3.8, 4) is 0 Å². The summed E-state index contributed by atoms with van der Waals surface area (Å²) in [5.74, 6) is 0. The molecule has 0 unspecified atom stereocenters. The number of nitrogens with zero attached hydrogens (tertiary/aromatic N) is 4. The second kappa shape index (κ2) is 7.59. The van der Waals surface area contributed by atoms with Gasteiger partial charge < -0.3 is 0 Å². The van der Waals surface area contributed by atoms with Crippen LogP contribution < -0.4 is 0 Å². The summed E-state index contributed by atoms with van der Waals surface area (Å²) in [6, 6.07) is 18.1. The van der Waals surface area contributed by atoms with Crippen LogP contribution in [-0.2, 0) is 6.42 Å². The molecule has 2 aromatic heterocycles. The minimum atomic E-state index is 0.709. The fourth-order valence-corrected chi connectivity index (χ4v) is 2.42. The third kappa shape index (κ3) is 3.90. The second-order valence-corrected chi connectivity index (χ2v) is 5.59. The molecule has 0 aliphatic heterocycles. The Balaban J connectivity index is 1.80. The molecule has 0 bridgehead atoms. The Morgan fingerprint density at radius 3 is 2.58 bits per heavy atom. The monoisotopic (exact) mass is 316 g/mol. The maximum absolute atomic E-state index is 4.71. The lowest BCUT2D eigenvalue weighted by Crippen LogP contribution is -2.04. The molecule has 0 saturated carbocycles. The van der Waals surface area contributed by atoms with Gasteiger partial charge in [0.15, 0.2) is 0 Å². The third-order valence-corrected chi connectivity index (χ3v) is 3.83. The largest absolute Gasteiger partial charge is 0.255 e. The highest BCUT2D eigenvalue weighted by Crippen LogP contribution is 2.13. The molecule has 24 heavy (non-hydrogen) atoms. The molecule has 0 atom stereocenters. The summed E-state index contributed by atoms with van der Waals surface area (Å²) in [7, 11) is 0. The van der Waals surface area contributed by atoms with Crippen molar-refractivity contribution in [2.24, 2.45) is 10.2 Å². The van der Waals surface area contributed by atoms with E-state index in [2.05, 4.69) is 40.3 Å². The Kier molecular flexibility index (Phi) is 5.06. The molecule has 2 heterocycles. The molecule has 0 fully saturated rings. The summed E-state index contributed by atoms with van der Waals surface area (Å²) in [6.07, 6.45) is 3.31. The van der Waals surface area contributed by atoms with Gasteiger partial charge in [-0.2, -0.15) is 10.2 Å². The quantitative estimate of drug-likeness (QED) is 0.516. The van der Waals surface area contributed by atoms with E-state index < -0.39 is 0 Å². The highest BCUT2D eigenvalue weighted by Gasteiger charge is 2.03. The molecule has 4 nitrogen and oxygen atoms in total. The Bertz CT molecular complexity index is 882. The van der Waals surface area contributed by atoms with Gasteiger partial charge >= 0.3 is 0 Å². The van der Waals surface area contributed by atoms with Crippen LogP contribution in [0.25, 0.3) is 10.9 Å². The predicted molar refractivity (Wildman–Crippen MR) is 99.6 cm³/mol. The van der Waals surface area contributed by atoms with Crippen LogP contribution >= 0.6 is 0 Å². The third-order valence-electron chi connectivity index (χ3n) is 3.83. The van der Waals surface area contributed by atoms with Gasteiger partial charge in [0.1, 0.15) is 0 Å². The minimum absolute atomic E-state index is 0.709. The number of para-hydroxylation sites is 1. The van der Waals surface area contributed by atoms with Crippen molar-refractivity contribution in [1.82, 2.24) is 9.97 Å². The van der Waals surface area contributed by atoms with E-state index in [0.717, 1.165) is 40.1 Å². The number of pyridine rings is 2. The van der Waals surface area contributed by atoms with Crippen LogP contribution in [-0.4, -0.2) is 21.4 Å². The summed E-state index contributed by atoms with van der Waals surface area (Å²) in [5.41, 5.74) is 4.69. The first-order valence-electron chi connectivity index (χ1n) is 8.12. The van der Waals surface area contributed by atoms with Gasteiger partial charge in [0.05, 0.1) is 16.9 Å². The number of hydrogen-bond donors (Lipinski definition) is 0. The first-order chi connectivity index (χ1) is 11.8. The van der Waals surface area contributed by atoms with Gasteiger partial charge in [0.2, 0.25) is 0 Å². The molecule has 0 N–H and O–H groups in total. The Hall–Kier alpha value is -2.88. The van der Waals surface area contributed by atoms with Crippen molar-refractivity contribution in [3.63, 3.8) is 0 Å². The van der Waals surface area contributed by atoms with Gasteiger partial charge in [0, 0.05) is 29.4 Å². The zero-order valence-electron chi connectivity index (χ0n) is 14.0. The maximum atomic E-state index is 4.71. The van der Waals surface area contributed by atoms with Crippen LogP contribution in [0.1, 0.15) is 31.7 Å². The van der Waals surface area contributed by atoms with E-state index in [1.54, 1.807) is 6.20 Å². The smallest absolute Gasteiger partial charge is 0.0860 e. The first-order valence-corrected chi connectivity index (χ1v) is 8.12. The van der Waals surface area contributed by atoms with Gasteiger partial charge in [-0.15, -0.1) is 0 Å². The first kappa shape index (κ1) is 16.0. The molecule has 0 aliphatic rings.